The Morgan fingerprint density at radius 2 is 2.25 bits per heavy atom. The molecule has 0 bridgehead atoms. The second kappa shape index (κ2) is 3.09. The fourth-order valence-electron chi connectivity index (χ4n) is 1.30. The third kappa shape index (κ3) is 1.72. The van der Waals surface area contributed by atoms with E-state index in [-0.39, 0.29) is 11.2 Å². The normalized spacial score (nSPS) is 21.5. The minimum absolute atomic E-state index is 0.0746. The average molecular weight is 167 g/mol. The van der Waals surface area contributed by atoms with Crippen molar-refractivity contribution in [1.82, 2.24) is 5.32 Å². The van der Waals surface area contributed by atoms with Crippen LogP contribution in [0.1, 0.15) is 26.7 Å². The lowest BCUT2D eigenvalue weighted by molar-refractivity contribution is -0.115. The van der Waals surface area contributed by atoms with Crippen LogP contribution in [0.15, 0.2) is 11.8 Å². The van der Waals surface area contributed by atoms with Gasteiger partial charge in [0.1, 0.15) is 0 Å². The van der Waals surface area contributed by atoms with Gasteiger partial charge in [-0.15, -0.1) is 0 Å². The van der Waals surface area contributed by atoms with E-state index in [1.54, 1.807) is 0 Å². The molecule has 1 aliphatic rings. The van der Waals surface area contributed by atoms with Crippen molar-refractivity contribution in [3.05, 3.63) is 11.8 Å². The summed E-state index contributed by atoms with van der Waals surface area (Å²) >= 11 is 0. The number of hydrogen-bond donors (Lipinski definition) is 1. The highest BCUT2D eigenvalue weighted by Gasteiger charge is 2.28. The van der Waals surface area contributed by atoms with Gasteiger partial charge < -0.3 is 5.32 Å². The fourth-order valence-corrected chi connectivity index (χ4v) is 1.30. The lowest BCUT2D eigenvalue weighted by Crippen LogP contribution is -2.30. The molecule has 0 heterocycles. The van der Waals surface area contributed by atoms with Gasteiger partial charge in [0, 0.05) is 23.6 Å². The Bertz CT molecular complexity index is 241. The first kappa shape index (κ1) is 8.97. The summed E-state index contributed by atoms with van der Waals surface area (Å²) in [7, 11) is 0. The van der Waals surface area contributed by atoms with Crippen LogP contribution >= 0.6 is 0 Å². The van der Waals surface area contributed by atoms with Crippen molar-refractivity contribution in [2.75, 3.05) is 0 Å². The zero-order valence-electron chi connectivity index (χ0n) is 7.39. The standard InChI is InChI=1S/C9H13NO2/c1-9(2)4-3-7(12)5-8(9)10-6-11/h5-6H,3-4H2,1-2H3,(H,10,11). The molecular weight excluding hydrogens is 154 g/mol. The van der Waals surface area contributed by atoms with Crippen LogP contribution < -0.4 is 5.32 Å². The second-order valence-corrected chi connectivity index (χ2v) is 3.67. The van der Waals surface area contributed by atoms with Crippen LogP contribution in [-0.4, -0.2) is 12.2 Å². The van der Waals surface area contributed by atoms with Gasteiger partial charge in [0.25, 0.3) is 0 Å². The molecule has 0 aromatic heterocycles. The summed E-state index contributed by atoms with van der Waals surface area (Å²) < 4.78 is 0. The predicted molar refractivity (Wildman–Crippen MR) is 45.3 cm³/mol. The van der Waals surface area contributed by atoms with Crippen LogP contribution in [0.25, 0.3) is 0 Å². The highest BCUT2D eigenvalue weighted by Crippen LogP contribution is 2.33. The molecule has 0 atom stereocenters. The zero-order chi connectivity index (χ0) is 9.19. The molecule has 3 nitrogen and oxygen atoms in total. The average Bonchev–Trinajstić information content (AvgIpc) is 1.98. The van der Waals surface area contributed by atoms with Crippen LogP contribution in [0, 0.1) is 5.41 Å². The Balaban J connectivity index is 2.87. The van der Waals surface area contributed by atoms with E-state index in [9.17, 15) is 9.59 Å². The van der Waals surface area contributed by atoms with E-state index in [2.05, 4.69) is 5.32 Å². The molecule has 1 amide bonds. The highest BCUT2D eigenvalue weighted by molar-refractivity contribution is 5.91. The first-order valence-electron chi connectivity index (χ1n) is 4.01. The largest absolute Gasteiger partial charge is 0.332 e. The molecule has 1 rings (SSSR count). The summed E-state index contributed by atoms with van der Waals surface area (Å²) in [6.45, 7) is 4.03. The van der Waals surface area contributed by atoms with Crippen molar-refractivity contribution in [3.63, 3.8) is 0 Å². The van der Waals surface area contributed by atoms with Gasteiger partial charge in [-0.2, -0.15) is 0 Å². The summed E-state index contributed by atoms with van der Waals surface area (Å²) in [5.74, 6) is 0.0960. The van der Waals surface area contributed by atoms with Crippen LogP contribution in [0.4, 0.5) is 0 Å². The highest BCUT2D eigenvalue weighted by atomic mass is 16.1. The molecule has 3 heteroatoms. The maximum Gasteiger partial charge on any atom is 0.211 e. The molecule has 12 heavy (non-hydrogen) atoms. The van der Waals surface area contributed by atoms with E-state index in [0.717, 1.165) is 12.1 Å². The Morgan fingerprint density at radius 3 is 2.83 bits per heavy atom. The Kier molecular flexibility index (Phi) is 2.31. The minimum Gasteiger partial charge on any atom is -0.332 e. The summed E-state index contributed by atoms with van der Waals surface area (Å²) in [6, 6.07) is 0. The Hall–Kier alpha value is -1.12. The zero-order valence-corrected chi connectivity index (χ0v) is 7.39. The van der Waals surface area contributed by atoms with Crippen molar-refractivity contribution >= 4 is 12.2 Å². The molecular formula is C9H13NO2. The molecule has 0 fully saturated rings. The number of allylic oxidation sites excluding steroid dienone is 2. The lowest BCUT2D eigenvalue weighted by Gasteiger charge is -2.30. The first-order valence-corrected chi connectivity index (χ1v) is 4.01. The molecule has 0 spiro atoms. The monoisotopic (exact) mass is 167 g/mol. The van der Waals surface area contributed by atoms with Crippen molar-refractivity contribution in [2.24, 2.45) is 5.41 Å². The van der Waals surface area contributed by atoms with Crippen molar-refractivity contribution in [1.29, 1.82) is 0 Å². The molecule has 66 valence electrons. The second-order valence-electron chi connectivity index (χ2n) is 3.67. The predicted octanol–water partition coefficient (Wildman–Crippen LogP) is 1.01. The molecule has 1 N–H and O–H groups in total. The van der Waals surface area contributed by atoms with Crippen LogP contribution in [-0.2, 0) is 9.59 Å². The maximum atomic E-state index is 11.0. The van der Waals surface area contributed by atoms with E-state index in [0.29, 0.717) is 12.8 Å². The lowest BCUT2D eigenvalue weighted by atomic mass is 9.79. The van der Waals surface area contributed by atoms with E-state index in [1.807, 2.05) is 13.8 Å². The van der Waals surface area contributed by atoms with Gasteiger partial charge in [-0.3, -0.25) is 9.59 Å². The molecule has 1 aliphatic carbocycles. The van der Waals surface area contributed by atoms with E-state index in [1.165, 1.54) is 6.08 Å². The van der Waals surface area contributed by atoms with Gasteiger partial charge in [0.2, 0.25) is 6.41 Å². The molecule has 0 saturated heterocycles. The molecule has 0 aromatic carbocycles. The van der Waals surface area contributed by atoms with Crippen LogP contribution in [0.5, 0.6) is 0 Å². The van der Waals surface area contributed by atoms with Gasteiger partial charge in [0.05, 0.1) is 0 Å². The van der Waals surface area contributed by atoms with Gasteiger partial charge in [-0.05, 0) is 6.42 Å². The third-order valence-corrected chi connectivity index (χ3v) is 2.25. The number of rotatable bonds is 2. The maximum absolute atomic E-state index is 11.0. The third-order valence-electron chi connectivity index (χ3n) is 2.25. The molecule has 0 radical (unpaired) electrons. The van der Waals surface area contributed by atoms with E-state index < -0.39 is 0 Å². The summed E-state index contributed by atoms with van der Waals surface area (Å²) in [4.78, 5) is 21.2. The first-order chi connectivity index (χ1) is 5.56. The summed E-state index contributed by atoms with van der Waals surface area (Å²) in [5, 5.41) is 2.56. The van der Waals surface area contributed by atoms with E-state index >= 15 is 0 Å². The number of ketones is 1. The van der Waals surface area contributed by atoms with Gasteiger partial charge in [-0.1, -0.05) is 13.8 Å². The quantitative estimate of drug-likeness (QED) is 0.624. The van der Waals surface area contributed by atoms with Crippen molar-refractivity contribution < 1.29 is 9.59 Å². The number of hydrogen-bond acceptors (Lipinski definition) is 2. The Labute approximate surface area is 71.8 Å². The molecule has 0 saturated carbocycles. The topological polar surface area (TPSA) is 46.2 Å². The van der Waals surface area contributed by atoms with Crippen molar-refractivity contribution in [2.45, 2.75) is 26.7 Å². The SMILES string of the molecule is CC1(C)CCC(=O)C=C1NC=O. The van der Waals surface area contributed by atoms with Gasteiger partial charge >= 0.3 is 0 Å². The van der Waals surface area contributed by atoms with Crippen LogP contribution in [0.2, 0.25) is 0 Å². The summed E-state index contributed by atoms with van der Waals surface area (Å²) in [6.07, 6.45) is 3.53. The van der Waals surface area contributed by atoms with Crippen LogP contribution in [0.3, 0.4) is 0 Å². The molecule has 0 unspecified atom stereocenters. The molecule has 0 aromatic rings. The smallest absolute Gasteiger partial charge is 0.211 e. The van der Waals surface area contributed by atoms with Gasteiger partial charge in [-0.25, -0.2) is 0 Å². The number of carbonyl (C=O) groups is 2. The molecule has 0 aliphatic heterocycles. The Morgan fingerprint density at radius 1 is 1.58 bits per heavy atom. The number of amides is 1. The summed E-state index contributed by atoms with van der Waals surface area (Å²) in [5.41, 5.74) is 0.656. The minimum atomic E-state index is -0.0746. The number of carbonyl (C=O) groups excluding carboxylic acids is 2. The number of nitrogens with one attached hydrogen (secondary N) is 1. The fraction of sp³-hybridized carbons (Fsp3) is 0.556. The van der Waals surface area contributed by atoms with Crippen molar-refractivity contribution in [3.8, 4) is 0 Å². The van der Waals surface area contributed by atoms with Gasteiger partial charge in [0.15, 0.2) is 5.78 Å². The van der Waals surface area contributed by atoms with E-state index in [4.69, 9.17) is 0 Å².